The lowest BCUT2D eigenvalue weighted by Gasteiger charge is -2.31. The molecular weight excluding hydrogens is 585 g/mol. The van der Waals surface area contributed by atoms with Gasteiger partial charge in [-0.3, -0.25) is 0 Å². The Kier molecular flexibility index (Phi) is 7.80. The van der Waals surface area contributed by atoms with Crippen molar-refractivity contribution >= 4 is 33.9 Å². The normalized spacial score (nSPS) is 18.3. The van der Waals surface area contributed by atoms with Crippen LogP contribution in [0.25, 0.3) is 22.0 Å². The first-order chi connectivity index (χ1) is 21.3. The molecule has 1 N–H and O–H groups in total. The Morgan fingerprint density at radius 2 is 1.64 bits per heavy atom. The summed E-state index contributed by atoms with van der Waals surface area (Å²) in [6.45, 7) is 4.77. The average molecular weight is 619 g/mol. The van der Waals surface area contributed by atoms with Crippen molar-refractivity contribution < 1.29 is 22.6 Å². The molecule has 0 spiro atoms. The summed E-state index contributed by atoms with van der Waals surface area (Å²) in [6.07, 6.45) is 0.355. The van der Waals surface area contributed by atoms with Crippen LogP contribution in [-0.4, -0.2) is 58.8 Å². The fraction of sp³-hybridized carbons (Fsp3) is 0.353. The summed E-state index contributed by atoms with van der Waals surface area (Å²) in [5.41, 5.74) is 3.81. The second-order valence-electron chi connectivity index (χ2n) is 11.7. The van der Waals surface area contributed by atoms with Crippen LogP contribution in [0.5, 0.6) is 11.5 Å². The number of ether oxygens (including phenoxy) is 2. The van der Waals surface area contributed by atoms with Gasteiger partial charge in [-0.1, -0.05) is 36.5 Å². The van der Waals surface area contributed by atoms with Crippen LogP contribution in [0.3, 0.4) is 0 Å². The monoisotopic (exact) mass is 618 g/mol. The third kappa shape index (κ3) is 5.93. The van der Waals surface area contributed by atoms with Gasteiger partial charge in [-0.15, -0.1) is 0 Å². The number of fused-ring (bicyclic) bond motifs is 2. The molecule has 4 aromatic rings. The van der Waals surface area contributed by atoms with Crippen LogP contribution in [0.1, 0.15) is 42.4 Å². The number of hydrogen-bond donors (Lipinski definition) is 1. The van der Waals surface area contributed by atoms with Crippen LogP contribution in [0.15, 0.2) is 66.7 Å². The number of nitrogens with zero attached hydrogens (tertiary/aromatic N) is 3. The minimum atomic E-state index is -4.36. The quantitative estimate of drug-likeness (QED) is 0.215. The summed E-state index contributed by atoms with van der Waals surface area (Å²) < 4.78 is 50.3. The van der Waals surface area contributed by atoms with Crippen molar-refractivity contribution in [3.05, 3.63) is 83.4 Å². The second-order valence-corrected chi connectivity index (χ2v) is 12.1. The van der Waals surface area contributed by atoms with Gasteiger partial charge < -0.3 is 24.6 Å². The maximum absolute atomic E-state index is 13.0. The summed E-state index contributed by atoms with van der Waals surface area (Å²) in [6, 6.07) is 19.7. The van der Waals surface area contributed by atoms with Crippen LogP contribution in [-0.2, 0) is 12.7 Å². The zero-order chi connectivity index (χ0) is 30.3. The molecule has 2 fully saturated rings. The van der Waals surface area contributed by atoms with E-state index in [-0.39, 0.29) is 6.79 Å². The standard InChI is InChI=1S/C34H33F3N4O2S/c35-34(36,37)25-9-5-22(6-10-25)19-38-32-18-28(33(44)41-15-3-4-26(41)20-40-13-1-2-14-40)27-16-23(7-11-29(27)39-32)24-8-12-30-31(17-24)43-21-42-30/h5-12,16-18,26H,1-4,13-15,19-21H2,(H,38,39)/t26-/m0/s1. The highest BCUT2D eigenvalue weighted by atomic mass is 32.1. The van der Waals surface area contributed by atoms with Crippen molar-refractivity contribution in [2.75, 3.05) is 38.3 Å². The lowest BCUT2D eigenvalue weighted by atomic mass is 9.99. The van der Waals surface area contributed by atoms with Gasteiger partial charge in [0.1, 0.15) is 10.8 Å². The predicted molar refractivity (Wildman–Crippen MR) is 169 cm³/mol. The fourth-order valence-corrected chi connectivity index (χ4v) is 6.87. The van der Waals surface area contributed by atoms with E-state index in [4.69, 9.17) is 26.7 Å². The van der Waals surface area contributed by atoms with Crippen LogP contribution in [0.4, 0.5) is 19.0 Å². The Labute approximate surface area is 259 Å². The van der Waals surface area contributed by atoms with Gasteiger partial charge in [-0.25, -0.2) is 4.98 Å². The van der Waals surface area contributed by atoms with E-state index in [1.165, 1.54) is 25.0 Å². The van der Waals surface area contributed by atoms with E-state index in [1.807, 2.05) is 36.4 Å². The maximum Gasteiger partial charge on any atom is 0.416 e. The number of aromatic nitrogens is 1. The molecule has 2 saturated heterocycles. The maximum atomic E-state index is 13.0. The summed E-state index contributed by atoms with van der Waals surface area (Å²) in [5, 5.41) is 4.29. The van der Waals surface area contributed by atoms with E-state index in [9.17, 15) is 13.2 Å². The molecule has 10 heteroatoms. The van der Waals surface area contributed by atoms with Gasteiger partial charge in [0.15, 0.2) is 11.5 Å². The minimum Gasteiger partial charge on any atom is -0.454 e. The lowest BCUT2D eigenvalue weighted by Crippen LogP contribution is -2.42. The number of rotatable bonds is 7. The Bertz CT molecular complexity index is 1690. The third-order valence-electron chi connectivity index (χ3n) is 8.81. The SMILES string of the molecule is FC(F)(F)c1ccc(CNc2cc(C(=S)N3CCC[C@H]3CN3CCCC3)c3cc(-c4ccc5c(c4)OCO5)ccc3n2)cc1. The molecule has 3 aliphatic rings. The number of anilines is 1. The van der Waals surface area contributed by atoms with E-state index in [0.717, 1.165) is 101 Å². The Morgan fingerprint density at radius 3 is 2.43 bits per heavy atom. The molecule has 1 aromatic heterocycles. The molecule has 0 aliphatic carbocycles. The van der Waals surface area contributed by atoms with Gasteiger partial charge in [0.05, 0.1) is 11.1 Å². The molecular formula is C34H33F3N4O2S. The molecule has 7 rings (SSSR count). The van der Waals surface area contributed by atoms with Crippen LogP contribution in [0.2, 0.25) is 0 Å². The minimum absolute atomic E-state index is 0.218. The Morgan fingerprint density at radius 1 is 0.886 bits per heavy atom. The van der Waals surface area contributed by atoms with Gasteiger partial charge in [0, 0.05) is 36.6 Å². The first-order valence-corrected chi connectivity index (χ1v) is 15.5. The van der Waals surface area contributed by atoms with Crippen molar-refractivity contribution in [2.24, 2.45) is 0 Å². The molecule has 0 unspecified atom stereocenters. The second kappa shape index (κ2) is 11.9. The molecule has 3 aliphatic heterocycles. The largest absolute Gasteiger partial charge is 0.454 e. The number of likely N-dealkylation sites (tertiary alicyclic amines) is 2. The predicted octanol–water partition coefficient (Wildman–Crippen LogP) is 7.50. The highest BCUT2D eigenvalue weighted by Crippen LogP contribution is 2.37. The lowest BCUT2D eigenvalue weighted by molar-refractivity contribution is -0.137. The topological polar surface area (TPSA) is 49.9 Å². The van der Waals surface area contributed by atoms with E-state index in [2.05, 4.69) is 21.2 Å². The molecule has 6 nitrogen and oxygen atoms in total. The number of halogens is 3. The number of hydrogen-bond acceptors (Lipinski definition) is 6. The zero-order valence-electron chi connectivity index (χ0n) is 24.2. The first-order valence-electron chi connectivity index (χ1n) is 15.1. The summed E-state index contributed by atoms with van der Waals surface area (Å²) in [5.74, 6) is 2.09. The Balaban J connectivity index is 1.22. The van der Waals surface area contributed by atoms with E-state index in [1.54, 1.807) is 0 Å². The highest BCUT2D eigenvalue weighted by molar-refractivity contribution is 7.80. The number of nitrogens with one attached hydrogen (secondary N) is 1. The number of alkyl halides is 3. The zero-order valence-corrected chi connectivity index (χ0v) is 25.0. The van der Waals surface area contributed by atoms with Crippen molar-refractivity contribution in [3.8, 4) is 22.6 Å². The number of thiocarbonyl (C=S) groups is 1. The molecule has 44 heavy (non-hydrogen) atoms. The number of benzene rings is 3. The molecule has 0 radical (unpaired) electrons. The fourth-order valence-electron chi connectivity index (χ4n) is 6.46. The van der Waals surface area contributed by atoms with Gasteiger partial charge >= 0.3 is 6.18 Å². The third-order valence-corrected chi connectivity index (χ3v) is 9.26. The van der Waals surface area contributed by atoms with E-state index >= 15 is 0 Å². The smallest absolute Gasteiger partial charge is 0.416 e. The van der Waals surface area contributed by atoms with Gasteiger partial charge in [0.25, 0.3) is 0 Å². The van der Waals surface area contributed by atoms with Crippen molar-refractivity contribution in [1.29, 1.82) is 0 Å². The highest BCUT2D eigenvalue weighted by Gasteiger charge is 2.31. The molecule has 1 atom stereocenters. The summed E-state index contributed by atoms with van der Waals surface area (Å²) in [7, 11) is 0. The molecule has 4 heterocycles. The molecule has 0 bridgehead atoms. The molecule has 0 amide bonds. The summed E-state index contributed by atoms with van der Waals surface area (Å²) >= 11 is 6.25. The first kappa shape index (κ1) is 28.9. The molecule has 3 aromatic carbocycles. The Hall–Kier alpha value is -3.89. The van der Waals surface area contributed by atoms with Crippen molar-refractivity contribution in [2.45, 2.75) is 44.4 Å². The van der Waals surface area contributed by atoms with E-state index in [0.29, 0.717) is 18.4 Å². The van der Waals surface area contributed by atoms with Crippen LogP contribution in [0, 0.1) is 0 Å². The van der Waals surface area contributed by atoms with Crippen molar-refractivity contribution in [1.82, 2.24) is 14.8 Å². The summed E-state index contributed by atoms with van der Waals surface area (Å²) in [4.78, 5) is 10.6. The molecule has 228 valence electrons. The van der Waals surface area contributed by atoms with Crippen molar-refractivity contribution in [3.63, 3.8) is 0 Å². The van der Waals surface area contributed by atoms with E-state index < -0.39 is 11.7 Å². The van der Waals surface area contributed by atoms with Crippen LogP contribution < -0.4 is 14.8 Å². The van der Waals surface area contributed by atoms with Gasteiger partial charge in [0.2, 0.25) is 6.79 Å². The van der Waals surface area contributed by atoms with Gasteiger partial charge in [-0.2, -0.15) is 13.2 Å². The van der Waals surface area contributed by atoms with Crippen LogP contribution >= 0.6 is 12.2 Å². The molecule has 0 saturated carbocycles. The number of pyridine rings is 1. The van der Waals surface area contributed by atoms with Gasteiger partial charge in [-0.05, 0) is 97.9 Å². The average Bonchev–Trinajstić information content (AvgIpc) is 3.81.